The van der Waals surface area contributed by atoms with E-state index >= 15 is 0 Å². The van der Waals surface area contributed by atoms with Gasteiger partial charge in [-0.3, -0.25) is 0 Å². The summed E-state index contributed by atoms with van der Waals surface area (Å²) in [4.78, 5) is 11.0. The molecule has 0 amide bonds. The third-order valence-electron chi connectivity index (χ3n) is 2.42. The quantitative estimate of drug-likeness (QED) is 0.816. The summed E-state index contributed by atoms with van der Waals surface area (Å²) < 4.78 is 6.94. The van der Waals surface area contributed by atoms with Crippen LogP contribution >= 0.6 is 34.9 Å². The van der Waals surface area contributed by atoms with Crippen LogP contribution in [0.5, 0.6) is 5.75 Å². The maximum atomic E-state index is 11.0. The van der Waals surface area contributed by atoms with Crippen molar-refractivity contribution in [3.05, 3.63) is 29.3 Å². The number of rotatable bonds is 6. The molecule has 0 aliphatic heterocycles. The molecule has 106 valence electrons. The van der Waals surface area contributed by atoms with Gasteiger partial charge >= 0.3 is 5.97 Å². The van der Waals surface area contributed by atoms with Crippen LogP contribution in [0.4, 0.5) is 0 Å². The molecule has 0 radical (unpaired) electrons. The molecular weight excluding hydrogens is 316 g/mol. The summed E-state index contributed by atoms with van der Waals surface area (Å²) in [6.07, 6.45) is 1.96. The van der Waals surface area contributed by atoms with Crippen molar-refractivity contribution in [3.8, 4) is 5.75 Å². The molecule has 5 nitrogen and oxygen atoms in total. The number of aromatic nitrogens is 2. The Morgan fingerprint density at radius 3 is 2.75 bits per heavy atom. The van der Waals surface area contributed by atoms with Crippen molar-refractivity contribution in [1.29, 1.82) is 0 Å². The molecule has 0 spiro atoms. The number of benzene rings is 1. The Balaban J connectivity index is 2.08. The molecule has 8 heteroatoms. The molecule has 0 aliphatic carbocycles. The van der Waals surface area contributed by atoms with E-state index in [9.17, 15) is 4.79 Å². The monoisotopic (exact) mass is 328 g/mol. The lowest BCUT2D eigenvalue weighted by Crippen LogP contribution is -2.00. The van der Waals surface area contributed by atoms with Gasteiger partial charge in [-0.05, 0) is 24.0 Å². The van der Waals surface area contributed by atoms with Crippen LogP contribution in [0.25, 0.3) is 0 Å². The molecule has 1 aromatic heterocycles. The van der Waals surface area contributed by atoms with Crippen LogP contribution in [0.3, 0.4) is 0 Å². The Hall–Kier alpha value is -1.25. The van der Waals surface area contributed by atoms with Crippen molar-refractivity contribution in [2.45, 2.75) is 14.4 Å². The van der Waals surface area contributed by atoms with Gasteiger partial charge in [-0.25, -0.2) is 4.79 Å². The Kier molecular flexibility index (Phi) is 5.27. The fourth-order valence-electron chi connectivity index (χ4n) is 1.49. The highest BCUT2D eigenvalue weighted by Crippen LogP contribution is 2.31. The predicted molar refractivity (Wildman–Crippen MR) is 81.2 cm³/mol. The molecule has 0 bridgehead atoms. The van der Waals surface area contributed by atoms with Crippen LogP contribution in [0.15, 0.2) is 26.9 Å². The summed E-state index contributed by atoms with van der Waals surface area (Å²) in [5.74, 6) is 0.0756. The zero-order valence-corrected chi connectivity index (χ0v) is 13.3. The lowest BCUT2D eigenvalue weighted by molar-refractivity contribution is 0.0693. The van der Waals surface area contributed by atoms with Crippen LogP contribution < -0.4 is 4.74 Å². The molecule has 0 fully saturated rings. The van der Waals surface area contributed by atoms with Crippen LogP contribution in [0.2, 0.25) is 0 Å². The first-order chi connectivity index (χ1) is 9.63. The van der Waals surface area contributed by atoms with Gasteiger partial charge in [0.15, 0.2) is 8.68 Å². The SMILES string of the molecule is COc1cc(CSc2nnc(SC)s2)ccc1C(=O)O. The highest BCUT2D eigenvalue weighted by molar-refractivity contribution is 8.02. The average Bonchev–Trinajstić information content (AvgIpc) is 2.92. The second-order valence-electron chi connectivity index (χ2n) is 3.67. The molecule has 0 aliphatic rings. The predicted octanol–water partition coefficient (Wildman–Crippen LogP) is 3.26. The van der Waals surface area contributed by atoms with Crippen LogP contribution in [0.1, 0.15) is 15.9 Å². The van der Waals surface area contributed by atoms with Gasteiger partial charge in [0.1, 0.15) is 11.3 Å². The van der Waals surface area contributed by atoms with Gasteiger partial charge in [0, 0.05) is 5.75 Å². The smallest absolute Gasteiger partial charge is 0.339 e. The molecule has 20 heavy (non-hydrogen) atoms. The number of hydrogen-bond acceptors (Lipinski definition) is 7. The number of thioether (sulfide) groups is 2. The minimum absolute atomic E-state index is 0.168. The van der Waals surface area contributed by atoms with Crippen molar-refractivity contribution in [1.82, 2.24) is 10.2 Å². The molecule has 0 unspecified atom stereocenters. The molecule has 2 rings (SSSR count). The molecular formula is C12H12N2O3S3. The van der Waals surface area contributed by atoms with E-state index in [2.05, 4.69) is 10.2 Å². The molecule has 0 saturated heterocycles. The molecule has 1 heterocycles. The molecule has 0 saturated carbocycles. The summed E-state index contributed by atoms with van der Waals surface area (Å²) in [6, 6.07) is 5.09. The second kappa shape index (κ2) is 6.96. The number of carboxylic acid groups (broad SMARTS) is 1. The van der Waals surface area contributed by atoms with Gasteiger partial charge in [0.05, 0.1) is 7.11 Å². The summed E-state index contributed by atoms with van der Waals surface area (Å²) >= 11 is 4.69. The number of nitrogens with zero attached hydrogens (tertiary/aromatic N) is 2. The van der Waals surface area contributed by atoms with Gasteiger partial charge in [-0.15, -0.1) is 10.2 Å². The van der Waals surface area contributed by atoms with Crippen LogP contribution in [0, 0.1) is 0 Å². The lowest BCUT2D eigenvalue weighted by atomic mass is 10.1. The normalized spacial score (nSPS) is 10.5. The van der Waals surface area contributed by atoms with E-state index in [-0.39, 0.29) is 5.56 Å². The first kappa shape index (κ1) is 15.1. The Morgan fingerprint density at radius 2 is 2.15 bits per heavy atom. The van der Waals surface area contributed by atoms with Gasteiger partial charge in [-0.1, -0.05) is 40.9 Å². The van der Waals surface area contributed by atoms with E-state index in [4.69, 9.17) is 9.84 Å². The van der Waals surface area contributed by atoms with Crippen molar-refractivity contribution in [3.63, 3.8) is 0 Å². The molecule has 1 aromatic carbocycles. The molecule has 0 atom stereocenters. The number of ether oxygens (including phenoxy) is 1. The topological polar surface area (TPSA) is 72.3 Å². The van der Waals surface area contributed by atoms with Gasteiger partial charge in [0.2, 0.25) is 0 Å². The van der Waals surface area contributed by atoms with Gasteiger partial charge in [0.25, 0.3) is 0 Å². The van der Waals surface area contributed by atoms with E-state index in [0.29, 0.717) is 11.5 Å². The number of carboxylic acids is 1. The maximum Gasteiger partial charge on any atom is 0.339 e. The Morgan fingerprint density at radius 1 is 1.40 bits per heavy atom. The number of methoxy groups -OCH3 is 1. The fraction of sp³-hybridized carbons (Fsp3) is 0.250. The van der Waals surface area contributed by atoms with Crippen LogP contribution in [-0.2, 0) is 5.75 Å². The summed E-state index contributed by atoms with van der Waals surface area (Å²) in [7, 11) is 1.47. The van der Waals surface area contributed by atoms with E-state index in [1.807, 2.05) is 6.26 Å². The zero-order chi connectivity index (χ0) is 14.5. The zero-order valence-electron chi connectivity index (χ0n) is 10.8. The third kappa shape index (κ3) is 3.65. The Bertz CT molecular complexity index is 616. The second-order valence-corrected chi connectivity index (χ2v) is 6.92. The summed E-state index contributed by atoms with van der Waals surface area (Å²) in [5, 5.41) is 17.1. The van der Waals surface area contributed by atoms with Crippen molar-refractivity contribution >= 4 is 40.8 Å². The highest BCUT2D eigenvalue weighted by Gasteiger charge is 2.12. The minimum atomic E-state index is -0.991. The summed E-state index contributed by atoms with van der Waals surface area (Å²) in [6.45, 7) is 0. The Labute approximate surface area is 128 Å². The maximum absolute atomic E-state index is 11.0. The fourth-order valence-corrected chi connectivity index (χ4v) is 3.87. The number of aromatic carboxylic acids is 1. The van der Waals surface area contributed by atoms with Gasteiger partial charge < -0.3 is 9.84 Å². The largest absolute Gasteiger partial charge is 0.496 e. The number of carbonyl (C=O) groups is 1. The molecule has 1 N–H and O–H groups in total. The average molecular weight is 328 g/mol. The summed E-state index contributed by atoms with van der Waals surface area (Å²) in [5.41, 5.74) is 1.15. The van der Waals surface area contributed by atoms with Gasteiger partial charge in [-0.2, -0.15) is 0 Å². The molecule has 2 aromatic rings. The van der Waals surface area contributed by atoms with Crippen molar-refractivity contribution in [2.24, 2.45) is 0 Å². The standard InChI is InChI=1S/C12H12N2O3S3/c1-17-9-5-7(3-4-8(9)10(15)16)6-19-12-14-13-11(18-2)20-12/h3-5H,6H2,1-2H3,(H,15,16). The van der Waals surface area contributed by atoms with E-state index in [1.165, 1.54) is 7.11 Å². The highest BCUT2D eigenvalue weighted by atomic mass is 32.2. The lowest BCUT2D eigenvalue weighted by Gasteiger charge is -2.07. The van der Waals surface area contributed by atoms with E-state index < -0.39 is 5.97 Å². The van der Waals surface area contributed by atoms with Crippen LogP contribution in [-0.4, -0.2) is 34.6 Å². The first-order valence-corrected chi connectivity index (χ1v) is 8.57. The van der Waals surface area contributed by atoms with E-state index in [1.54, 1.807) is 53.1 Å². The van der Waals surface area contributed by atoms with Crippen molar-refractivity contribution < 1.29 is 14.6 Å². The minimum Gasteiger partial charge on any atom is -0.496 e. The van der Waals surface area contributed by atoms with E-state index in [0.717, 1.165) is 14.2 Å². The third-order valence-corrected chi connectivity index (χ3v) is 5.52. The first-order valence-electron chi connectivity index (χ1n) is 5.54. The number of hydrogen-bond donors (Lipinski definition) is 1. The van der Waals surface area contributed by atoms with Crippen molar-refractivity contribution in [2.75, 3.05) is 13.4 Å².